The number of aromatic nitrogens is 2. The molecule has 10 heteroatoms. The second-order valence-corrected chi connectivity index (χ2v) is 8.90. The molecule has 1 aromatic heterocycles. The summed E-state index contributed by atoms with van der Waals surface area (Å²) in [6.45, 7) is 1.45. The maximum atomic E-state index is 13.4. The van der Waals surface area contributed by atoms with Gasteiger partial charge >= 0.3 is 0 Å². The lowest BCUT2D eigenvalue weighted by atomic mass is 10.1. The number of hydrogen-bond acceptors (Lipinski definition) is 4. The Morgan fingerprint density at radius 1 is 1.00 bits per heavy atom. The number of carbonyl (C=O) groups is 1. The van der Waals surface area contributed by atoms with Crippen molar-refractivity contribution in [2.45, 2.75) is 30.7 Å². The van der Waals surface area contributed by atoms with E-state index in [1.165, 1.54) is 4.31 Å². The van der Waals surface area contributed by atoms with Crippen LogP contribution in [-0.2, 0) is 23.0 Å². The van der Waals surface area contributed by atoms with Gasteiger partial charge in [-0.3, -0.25) is 9.48 Å². The summed E-state index contributed by atoms with van der Waals surface area (Å²) in [5.74, 6) is -2.45. The van der Waals surface area contributed by atoms with Crippen LogP contribution in [-0.4, -0.2) is 59.5 Å². The van der Waals surface area contributed by atoms with Crippen LogP contribution in [0.5, 0.6) is 0 Å². The van der Waals surface area contributed by atoms with Crippen molar-refractivity contribution in [3.05, 3.63) is 47.3 Å². The van der Waals surface area contributed by atoms with Gasteiger partial charge in [0.1, 0.15) is 0 Å². The highest BCUT2D eigenvalue weighted by molar-refractivity contribution is 7.89. The fraction of sp³-hybridized carbons (Fsp3) is 0.444. The number of benzene rings is 1. The van der Waals surface area contributed by atoms with Gasteiger partial charge < -0.3 is 4.90 Å². The maximum absolute atomic E-state index is 13.4. The third-order valence-electron chi connectivity index (χ3n) is 5.27. The molecule has 2 aliphatic heterocycles. The quantitative estimate of drug-likeness (QED) is 0.771. The van der Waals surface area contributed by atoms with Crippen LogP contribution in [0.1, 0.15) is 28.9 Å². The number of halogens is 2. The number of rotatable bonds is 3. The molecule has 4 rings (SSSR count). The van der Waals surface area contributed by atoms with Crippen molar-refractivity contribution >= 4 is 15.9 Å². The molecule has 3 heterocycles. The number of piperazine rings is 1. The zero-order valence-electron chi connectivity index (χ0n) is 15.1. The maximum Gasteiger partial charge on any atom is 0.257 e. The second-order valence-electron chi connectivity index (χ2n) is 6.96. The Hall–Kier alpha value is -2.33. The van der Waals surface area contributed by atoms with Crippen LogP contribution in [0.2, 0.25) is 0 Å². The van der Waals surface area contributed by atoms with E-state index in [9.17, 15) is 22.0 Å². The van der Waals surface area contributed by atoms with Crippen molar-refractivity contribution in [3.63, 3.8) is 0 Å². The molecule has 0 aliphatic carbocycles. The van der Waals surface area contributed by atoms with E-state index in [0.717, 1.165) is 43.6 Å². The lowest BCUT2D eigenvalue weighted by molar-refractivity contribution is 0.0696. The van der Waals surface area contributed by atoms with Crippen LogP contribution >= 0.6 is 0 Å². The summed E-state index contributed by atoms with van der Waals surface area (Å²) in [6.07, 6.45) is 4.47. The molecule has 150 valence electrons. The number of aryl methyl sites for hydroxylation is 1. The minimum atomic E-state index is -3.95. The van der Waals surface area contributed by atoms with Gasteiger partial charge in [-0.1, -0.05) is 0 Å². The molecule has 0 saturated carbocycles. The summed E-state index contributed by atoms with van der Waals surface area (Å²) < 4.78 is 54.9. The fourth-order valence-corrected chi connectivity index (χ4v) is 5.12. The van der Waals surface area contributed by atoms with Gasteiger partial charge in [0.25, 0.3) is 5.91 Å². The molecular formula is C18H20F2N4O3S. The van der Waals surface area contributed by atoms with Crippen molar-refractivity contribution in [1.82, 2.24) is 19.0 Å². The molecule has 1 saturated heterocycles. The lowest BCUT2D eigenvalue weighted by Crippen LogP contribution is -2.50. The van der Waals surface area contributed by atoms with E-state index in [1.54, 1.807) is 11.1 Å². The molecular weight excluding hydrogens is 390 g/mol. The lowest BCUT2D eigenvalue weighted by Gasteiger charge is -2.34. The van der Waals surface area contributed by atoms with Crippen LogP contribution < -0.4 is 0 Å². The van der Waals surface area contributed by atoms with Gasteiger partial charge in [-0.15, -0.1) is 0 Å². The molecule has 2 aliphatic rings. The van der Waals surface area contributed by atoms with Crippen LogP contribution in [0, 0.1) is 11.6 Å². The largest absolute Gasteiger partial charge is 0.336 e. The average molecular weight is 410 g/mol. The van der Waals surface area contributed by atoms with E-state index in [1.807, 2.05) is 4.68 Å². The predicted octanol–water partition coefficient (Wildman–Crippen LogP) is 1.64. The van der Waals surface area contributed by atoms with Gasteiger partial charge in [-0.2, -0.15) is 9.40 Å². The zero-order valence-corrected chi connectivity index (χ0v) is 16.0. The van der Waals surface area contributed by atoms with Crippen molar-refractivity contribution in [2.75, 3.05) is 26.2 Å². The number of carbonyl (C=O) groups excluding carboxylic acids is 1. The first kappa shape index (κ1) is 19.0. The zero-order chi connectivity index (χ0) is 19.9. The number of fused-ring (bicyclic) bond motifs is 1. The van der Waals surface area contributed by atoms with Crippen LogP contribution in [0.3, 0.4) is 0 Å². The van der Waals surface area contributed by atoms with E-state index >= 15 is 0 Å². The molecule has 0 spiro atoms. The Kier molecular flexibility index (Phi) is 4.92. The third-order valence-corrected chi connectivity index (χ3v) is 7.16. The molecule has 0 unspecified atom stereocenters. The van der Waals surface area contributed by atoms with Gasteiger partial charge in [-0.25, -0.2) is 17.2 Å². The van der Waals surface area contributed by atoms with E-state index in [4.69, 9.17) is 0 Å². The van der Waals surface area contributed by atoms with Crippen LogP contribution in [0.25, 0.3) is 0 Å². The highest BCUT2D eigenvalue weighted by atomic mass is 32.2. The number of sulfonamides is 1. The van der Waals surface area contributed by atoms with Crippen LogP contribution in [0.15, 0.2) is 29.3 Å². The summed E-state index contributed by atoms with van der Waals surface area (Å²) in [6, 6.07) is 2.52. The van der Waals surface area contributed by atoms with E-state index in [2.05, 4.69) is 5.10 Å². The molecule has 1 amide bonds. The number of amides is 1. The molecule has 1 aromatic carbocycles. The van der Waals surface area contributed by atoms with Gasteiger partial charge in [0.15, 0.2) is 11.6 Å². The number of nitrogens with zero attached hydrogens (tertiary/aromatic N) is 4. The monoisotopic (exact) mass is 410 g/mol. The Balaban J connectivity index is 1.46. The minimum Gasteiger partial charge on any atom is -0.336 e. The molecule has 1 fully saturated rings. The van der Waals surface area contributed by atoms with Gasteiger partial charge in [0.05, 0.1) is 22.3 Å². The first-order chi connectivity index (χ1) is 13.4. The standard InChI is InChI=1S/C18H20F2N4O3S/c19-15-5-4-13(11-16(15)20)28(26,27)23-9-7-22(8-10-23)18(25)14-12-21-24-6-2-1-3-17(14)24/h4-5,11-12H,1-3,6-10H2. The summed E-state index contributed by atoms with van der Waals surface area (Å²) in [4.78, 5) is 14.2. The van der Waals surface area contributed by atoms with E-state index in [-0.39, 0.29) is 37.0 Å². The highest BCUT2D eigenvalue weighted by Crippen LogP contribution is 2.23. The normalized spacial score (nSPS) is 18.1. The smallest absolute Gasteiger partial charge is 0.257 e. The first-order valence-corrected chi connectivity index (χ1v) is 10.6. The van der Waals surface area contributed by atoms with Crippen molar-refractivity contribution in [3.8, 4) is 0 Å². The summed E-state index contributed by atoms with van der Waals surface area (Å²) in [5.41, 5.74) is 1.52. The molecule has 0 radical (unpaired) electrons. The molecule has 0 N–H and O–H groups in total. The Morgan fingerprint density at radius 3 is 2.46 bits per heavy atom. The summed E-state index contributed by atoms with van der Waals surface area (Å²) in [5, 5.41) is 4.28. The molecule has 7 nitrogen and oxygen atoms in total. The van der Waals surface area contributed by atoms with E-state index < -0.39 is 21.7 Å². The Morgan fingerprint density at radius 2 is 1.75 bits per heavy atom. The first-order valence-electron chi connectivity index (χ1n) is 9.17. The van der Waals surface area contributed by atoms with Crippen molar-refractivity contribution < 1.29 is 22.0 Å². The van der Waals surface area contributed by atoms with Crippen LogP contribution in [0.4, 0.5) is 8.78 Å². The molecule has 0 atom stereocenters. The summed E-state index contributed by atoms with van der Waals surface area (Å²) in [7, 11) is -3.95. The Bertz CT molecular complexity index is 1010. The molecule has 0 bridgehead atoms. The SMILES string of the molecule is O=C(c1cnn2c1CCCC2)N1CCN(S(=O)(=O)c2ccc(F)c(F)c2)CC1. The average Bonchev–Trinajstić information content (AvgIpc) is 3.13. The van der Waals surface area contributed by atoms with E-state index in [0.29, 0.717) is 11.6 Å². The van der Waals surface area contributed by atoms with Gasteiger partial charge in [0, 0.05) is 32.7 Å². The fourth-order valence-electron chi connectivity index (χ4n) is 3.69. The molecule has 28 heavy (non-hydrogen) atoms. The number of hydrogen-bond donors (Lipinski definition) is 0. The minimum absolute atomic E-state index is 0.0938. The van der Waals surface area contributed by atoms with Gasteiger partial charge in [0.2, 0.25) is 10.0 Å². The molecule has 2 aromatic rings. The predicted molar refractivity (Wildman–Crippen MR) is 96.2 cm³/mol. The topological polar surface area (TPSA) is 75.5 Å². The van der Waals surface area contributed by atoms with Crippen molar-refractivity contribution in [1.29, 1.82) is 0 Å². The van der Waals surface area contributed by atoms with Gasteiger partial charge in [-0.05, 0) is 37.5 Å². The highest BCUT2D eigenvalue weighted by Gasteiger charge is 2.32. The summed E-state index contributed by atoms with van der Waals surface area (Å²) >= 11 is 0. The van der Waals surface area contributed by atoms with Crippen molar-refractivity contribution in [2.24, 2.45) is 0 Å². The third kappa shape index (κ3) is 3.30. The second kappa shape index (κ2) is 7.25. The Labute approximate surface area is 161 Å².